The molecule has 2 rings (SSSR count). The highest BCUT2D eigenvalue weighted by molar-refractivity contribution is 9.10. The van der Waals surface area contributed by atoms with Crippen LogP contribution in [0.4, 0.5) is 0 Å². The zero-order chi connectivity index (χ0) is 12.6. The van der Waals surface area contributed by atoms with E-state index in [1.807, 2.05) is 18.2 Å². The van der Waals surface area contributed by atoms with E-state index in [0.29, 0.717) is 11.9 Å². The lowest BCUT2D eigenvalue weighted by atomic mass is 9.97. The van der Waals surface area contributed by atoms with Gasteiger partial charge in [0.15, 0.2) is 0 Å². The number of aromatic nitrogens is 2. The van der Waals surface area contributed by atoms with E-state index < -0.39 is 0 Å². The summed E-state index contributed by atoms with van der Waals surface area (Å²) in [5, 5.41) is 5.80. The lowest BCUT2D eigenvalue weighted by molar-refractivity contribution is 0.318. The Bertz CT molecular complexity index is 611. The van der Waals surface area contributed by atoms with Crippen molar-refractivity contribution in [2.45, 2.75) is 27.3 Å². The van der Waals surface area contributed by atoms with Crippen molar-refractivity contribution in [1.82, 2.24) is 9.78 Å². The van der Waals surface area contributed by atoms with E-state index in [4.69, 9.17) is 0 Å². The van der Waals surface area contributed by atoms with Crippen LogP contribution in [0.1, 0.15) is 20.8 Å². The van der Waals surface area contributed by atoms with Crippen LogP contribution in [0.5, 0.6) is 0 Å². The molecule has 90 valence electrons. The van der Waals surface area contributed by atoms with Crippen molar-refractivity contribution < 1.29 is 0 Å². The second kappa shape index (κ2) is 4.26. The summed E-state index contributed by atoms with van der Waals surface area (Å²) in [5.74, 6) is 0. The van der Waals surface area contributed by atoms with Crippen molar-refractivity contribution in [2.24, 2.45) is 5.41 Å². The molecule has 0 aliphatic rings. The molecule has 0 aliphatic carbocycles. The molecule has 1 aromatic heterocycles. The van der Waals surface area contributed by atoms with Crippen molar-refractivity contribution in [2.75, 3.05) is 0 Å². The molecule has 0 radical (unpaired) electrons. The lowest BCUT2D eigenvalue weighted by Gasteiger charge is -2.18. The molecule has 2 aromatic rings. The molecule has 0 amide bonds. The highest BCUT2D eigenvalue weighted by Gasteiger charge is 2.14. The SMILES string of the molecule is CC(C)(C)Cn1ncc2ccc(Br)cc2c1=O. The predicted molar refractivity (Wildman–Crippen MR) is 73.2 cm³/mol. The van der Waals surface area contributed by atoms with E-state index in [2.05, 4.69) is 41.8 Å². The van der Waals surface area contributed by atoms with Crippen LogP contribution in [0.2, 0.25) is 0 Å². The minimum Gasteiger partial charge on any atom is -0.267 e. The molecule has 1 aromatic carbocycles. The lowest BCUT2D eigenvalue weighted by Crippen LogP contribution is -2.28. The van der Waals surface area contributed by atoms with Crippen LogP contribution < -0.4 is 5.56 Å². The van der Waals surface area contributed by atoms with Crippen LogP contribution in [-0.4, -0.2) is 9.78 Å². The summed E-state index contributed by atoms with van der Waals surface area (Å²) in [6.45, 7) is 6.89. The van der Waals surface area contributed by atoms with E-state index in [9.17, 15) is 4.79 Å². The monoisotopic (exact) mass is 294 g/mol. The van der Waals surface area contributed by atoms with Gasteiger partial charge in [-0.05, 0) is 17.5 Å². The van der Waals surface area contributed by atoms with Crippen molar-refractivity contribution in [1.29, 1.82) is 0 Å². The summed E-state index contributed by atoms with van der Waals surface area (Å²) in [7, 11) is 0. The Morgan fingerprint density at radius 1 is 1.35 bits per heavy atom. The highest BCUT2D eigenvalue weighted by atomic mass is 79.9. The first kappa shape index (κ1) is 12.3. The van der Waals surface area contributed by atoms with Gasteiger partial charge in [0.1, 0.15) is 0 Å². The van der Waals surface area contributed by atoms with Gasteiger partial charge in [-0.2, -0.15) is 5.10 Å². The van der Waals surface area contributed by atoms with Gasteiger partial charge in [0.05, 0.1) is 11.6 Å². The van der Waals surface area contributed by atoms with E-state index in [-0.39, 0.29) is 11.0 Å². The molecular weight excluding hydrogens is 280 g/mol. The van der Waals surface area contributed by atoms with Crippen LogP contribution in [0.3, 0.4) is 0 Å². The maximum absolute atomic E-state index is 12.2. The minimum atomic E-state index is -0.0290. The maximum Gasteiger partial charge on any atom is 0.274 e. The van der Waals surface area contributed by atoms with Gasteiger partial charge in [0, 0.05) is 16.4 Å². The summed E-state index contributed by atoms with van der Waals surface area (Å²) in [6, 6.07) is 5.66. The van der Waals surface area contributed by atoms with Crippen molar-refractivity contribution >= 4 is 26.7 Å². The Morgan fingerprint density at radius 3 is 2.71 bits per heavy atom. The van der Waals surface area contributed by atoms with Crippen molar-refractivity contribution in [3.63, 3.8) is 0 Å². The third-order valence-corrected chi connectivity index (χ3v) is 2.93. The third-order valence-electron chi connectivity index (χ3n) is 2.44. The van der Waals surface area contributed by atoms with Crippen LogP contribution >= 0.6 is 15.9 Å². The molecule has 1 heterocycles. The van der Waals surface area contributed by atoms with E-state index in [1.165, 1.54) is 4.68 Å². The zero-order valence-electron chi connectivity index (χ0n) is 10.2. The summed E-state index contributed by atoms with van der Waals surface area (Å²) in [6.07, 6.45) is 1.74. The first-order valence-electron chi connectivity index (χ1n) is 5.52. The maximum atomic E-state index is 12.2. The van der Waals surface area contributed by atoms with Gasteiger partial charge in [-0.25, -0.2) is 4.68 Å². The molecule has 0 atom stereocenters. The molecule has 4 heteroatoms. The predicted octanol–water partition coefficient (Wildman–Crippen LogP) is 3.21. The average molecular weight is 295 g/mol. The van der Waals surface area contributed by atoms with Gasteiger partial charge >= 0.3 is 0 Å². The quantitative estimate of drug-likeness (QED) is 0.809. The molecule has 0 spiro atoms. The minimum absolute atomic E-state index is 0.0290. The Hall–Kier alpha value is -1.16. The Morgan fingerprint density at radius 2 is 2.06 bits per heavy atom. The Kier molecular flexibility index (Phi) is 3.08. The molecule has 3 nitrogen and oxygen atoms in total. The fraction of sp³-hybridized carbons (Fsp3) is 0.385. The van der Waals surface area contributed by atoms with Crippen LogP contribution in [0, 0.1) is 5.41 Å². The molecule has 0 bridgehead atoms. The standard InChI is InChI=1S/C13H15BrN2O/c1-13(2,3)8-16-12(17)11-6-10(14)5-4-9(11)7-15-16/h4-7H,8H2,1-3H3. The van der Waals surface area contributed by atoms with Crippen LogP contribution in [0.25, 0.3) is 10.8 Å². The van der Waals surface area contributed by atoms with Crippen LogP contribution in [-0.2, 0) is 6.54 Å². The summed E-state index contributed by atoms with van der Waals surface area (Å²) in [5.41, 5.74) is 0.00925. The van der Waals surface area contributed by atoms with Gasteiger partial charge < -0.3 is 0 Å². The van der Waals surface area contributed by atoms with Gasteiger partial charge in [0.2, 0.25) is 0 Å². The largest absolute Gasteiger partial charge is 0.274 e. The number of nitrogens with zero attached hydrogens (tertiary/aromatic N) is 2. The number of halogens is 1. The van der Waals surface area contributed by atoms with Gasteiger partial charge in [-0.3, -0.25) is 4.79 Å². The number of fused-ring (bicyclic) bond motifs is 1. The zero-order valence-corrected chi connectivity index (χ0v) is 11.8. The molecule has 0 unspecified atom stereocenters. The van der Waals surface area contributed by atoms with E-state index >= 15 is 0 Å². The van der Waals surface area contributed by atoms with E-state index in [0.717, 1.165) is 9.86 Å². The second-order valence-corrected chi connectivity index (χ2v) is 6.32. The Balaban J connectivity index is 2.61. The van der Waals surface area contributed by atoms with Crippen molar-refractivity contribution in [3.05, 3.63) is 39.2 Å². The average Bonchev–Trinajstić information content (AvgIpc) is 2.21. The number of hydrogen-bond acceptors (Lipinski definition) is 2. The smallest absolute Gasteiger partial charge is 0.267 e. The Labute approximate surface area is 109 Å². The fourth-order valence-corrected chi connectivity index (χ4v) is 2.07. The summed E-state index contributed by atoms with van der Waals surface area (Å²) >= 11 is 3.38. The summed E-state index contributed by atoms with van der Waals surface area (Å²) < 4.78 is 2.45. The number of benzene rings is 1. The first-order valence-corrected chi connectivity index (χ1v) is 6.31. The molecule has 17 heavy (non-hydrogen) atoms. The molecule has 0 saturated carbocycles. The molecule has 0 saturated heterocycles. The first-order chi connectivity index (χ1) is 7.87. The molecule has 0 aliphatic heterocycles. The third kappa shape index (κ3) is 2.75. The van der Waals surface area contributed by atoms with Crippen molar-refractivity contribution in [3.8, 4) is 0 Å². The van der Waals surface area contributed by atoms with Gasteiger partial charge in [-0.15, -0.1) is 0 Å². The molecule has 0 fully saturated rings. The highest BCUT2D eigenvalue weighted by Crippen LogP contribution is 2.18. The molecular formula is C13H15BrN2O. The number of hydrogen-bond donors (Lipinski definition) is 0. The summed E-state index contributed by atoms with van der Waals surface area (Å²) in [4.78, 5) is 12.2. The van der Waals surface area contributed by atoms with Crippen LogP contribution in [0.15, 0.2) is 33.7 Å². The topological polar surface area (TPSA) is 34.9 Å². The second-order valence-electron chi connectivity index (χ2n) is 5.40. The normalized spacial score (nSPS) is 12.0. The van der Waals surface area contributed by atoms with Gasteiger partial charge in [0.25, 0.3) is 5.56 Å². The van der Waals surface area contributed by atoms with Gasteiger partial charge in [-0.1, -0.05) is 42.8 Å². The van der Waals surface area contributed by atoms with E-state index in [1.54, 1.807) is 6.20 Å². The fourth-order valence-electron chi connectivity index (χ4n) is 1.71. The molecule has 0 N–H and O–H groups in total. The number of rotatable bonds is 1.